The standard InChI is InChI=1S/C15H24N4S/c1-3-5-6-7-10-16-13-12-8-11-20-14(12)19-15(18-13)17-9-4-2/h8,11H,3-7,9-10H2,1-2H3,(H2,16,17,18,19). The number of hydrogen-bond donors (Lipinski definition) is 2. The highest BCUT2D eigenvalue weighted by Crippen LogP contribution is 2.26. The van der Waals surface area contributed by atoms with Crippen LogP contribution in [-0.4, -0.2) is 23.1 Å². The highest BCUT2D eigenvalue weighted by Gasteiger charge is 2.08. The number of hydrogen-bond acceptors (Lipinski definition) is 5. The van der Waals surface area contributed by atoms with Crippen LogP contribution in [0.2, 0.25) is 0 Å². The molecule has 0 amide bonds. The van der Waals surface area contributed by atoms with Gasteiger partial charge in [0.15, 0.2) is 0 Å². The first kappa shape index (κ1) is 15.0. The summed E-state index contributed by atoms with van der Waals surface area (Å²) in [7, 11) is 0. The molecule has 4 nitrogen and oxygen atoms in total. The van der Waals surface area contributed by atoms with Gasteiger partial charge in [0.2, 0.25) is 5.95 Å². The Balaban J connectivity index is 2.03. The van der Waals surface area contributed by atoms with Gasteiger partial charge in [-0.3, -0.25) is 0 Å². The summed E-state index contributed by atoms with van der Waals surface area (Å²) in [6.07, 6.45) is 6.13. The van der Waals surface area contributed by atoms with Crippen molar-refractivity contribution in [1.29, 1.82) is 0 Å². The van der Waals surface area contributed by atoms with Crippen molar-refractivity contribution in [2.24, 2.45) is 0 Å². The monoisotopic (exact) mass is 292 g/mol. The fraction of sp³-hybridized carbons (Fsp3) is 0.600. The Kier molecular flexibility index (Phi) is 6.05. The summed E-state index contributed by atoms with van der Waals surface area (Å²) in [5, 5.41) is 9.94. The minimum atomic E-state index is 0.734. The van der Waals surface area contributed by atoms with E-state index in [9.17, 15) is 0 Å². The van der Waals surface area contributed by atoms with Crippen LogP contribution in [0, 0.1) is 0 Å². The summed E-state index contributed by atoms with van der Waals surface area (Å²) >= 11 is 1.67. The molecule has 0 bridgehead atoms. The fourth-order valence-electron chi connectivity index (χ4n) is 2.06. The lowest BCUT2D eigenvalue weighted by atomic mass is 10.2. The van der Waals surface area contributed by atoms with E-state index in [0.29, 0.717) is 0 Å². The highest BCUT2D eigenvalue weighted by atomic mass is 32.1. The molecule has 2 rings (SSSR count). The SMILES string of the molecule is CCCCCCNc1nc(NCCC)nc2sccc12. The minimum absolute atomic E-state index is 0.734. The predicted octanol–water partition coefficient (Wildman–Crippen LogP) is 4.51. The van der Waals surface area contributed by atoms with Crippen molar-refractivity contribution in [3.8, 4) is 0 Å². The molecule has 0 aromatic carbocycles. The van der Waals surface area contributed by atoms with Crippen molar-refractivity contribution < 1.29 is 0 Å². The third kappa shape index (κ3) is 4.07. The number of thiophene rings is 1. The molecule has 2 aromatic heterocycles. The van der Waals surface area contributed by atoms with Crippen molar-refractivity contribution in [3.63, 3.8) is 0 Å². The number of rotatable bonds is 9. The lowest BCUT2D eigenvalue weighted by molar-refractivity contribution is 0.684. The Bertz CT molecular complexity index is 524. The van der Waals surface area contributed by atoms with E-state index in [-0.39, 0.29) is 0 Å². The van der Waals surface area contributed by atoms with Gasteiger partial charge >= 0.3 is 0 Å². The Labute approximate surface area is 125 Å². The molecule has 0 atom stereocenters. The average molecular weight is 292 g/mol. The topological polar surface area (TPSA) is 49.8 Å². The number of nitrogens with one attached hydrogen (secondary N) is 2. The van der Waals surface area contributed by atoms with Gasteiger partial charge < -0.3 is 10.6 Å². The van der Waals surface area contributed by atoms with Crippen LogP contribution in [0.5, 0.6) is 0 Å². The molecule has 0 saturated carbocycles. The third-order valence-electron chi connectivity index (χ3n) is 3.18. The second kappa shape index (κ2) is 8.04. The molecule has 20 heavy (non-hydrogen) atoms. The molecule has 0 fully saturated rings. The minimum Gasteiger partial charge on any atom is -0.369 e. The number of fused-ring (bicyclic) bond motifs is 1. The molecule has 0 saturated heterocycles. The smallest absolute Gasteiger partial charge is 0.226 e. The van der Waals surface area contributed by atoms with Gasteiger partial charge in [0.25, 0.3) is 0 Å². The molecule has 0 aliphatic rings. The van der Waals surface area contributed by atoms with Gasteiger partial charge in [-0.1, -0.05) is 33.1 Å². The second-order valence-electron chi connectivity index (χ2n) is 4.95. The van der Waals surface area contributed by atoms with Crippen LogP contribution in [0.15, 0.2) is 11.4 Å². The summed E-state index contributed by atoms with van der Waals surface area (Å²) in [5.41, 5.74) is 0. The van der Waals surface area contributed by atoms with E-state index in [1.54, 1.807) is 11.3 Å². The van der Waals surface area contributed by atoms with Crippen molar-refractivity contribution in [3.05, 3.63) is 11.4 Å². The van der Waals surface area contributed by atoms with Crippen molar-refractivity contribution in [2.45, 2.75) is 46.0 Å². The molecule has 0 spiro atoms. The van der Waals surface area contributed by atoms with Crippen molar-refractivity contribution in [1.82, 2.24) is 9.97 Å². The predicted molar refractivity (Wildman–Crippen MR) is 88.8 cm³/mol. The van der Waals surface area contributed by atoms with Crippen LogP contribution in [0.4, 0.5) is 11.8 Å². The number of anilines is 2. The average Bonchev–Trinajstić information content (AvgIpc) is 2.93. The van der Waals surface area contributed by atoms with Gasteiger partial charge in [0, 0.05) is 13.1 Å². The van der Waals surface area contributed by atoms with Gasteiger partial charge in [0.1, 0.15) is 10.6 Å². The van der Waals surface area contributed by atoms with Gasteiger partial charge in [-0.25, -0.2) is 4.98 Å². The third-order valence-corrected chi connectivity index (χ3v) is 3.99. The van der Waals surface area contributed by atoms with E-state index in [2.05, 4.69) is 45.9 Å². The lowest BCUT2D eigenvalue weighted by Gasteiger charge is -2.09. The molecule has 0 unspecified atom stereocenters. The summed E-state index contributed by atoms with van der Waals surface area (Å²) in [6.45, 7) is 6.27. The Hall–Kier alpha value is -1.36. The maximum Gasteiger partial charge on any atom is 0.226 e. The van der Waals surface area contributed by atoms with Crippen LogP contribution >= 0.6 is 11.3 Å². The number of nitrogens with zero attached hydrogens (tertiary/aromatic N) is 2. The van der Waals surface area contributed by atoms with Gasteiger partial charge in [-0.2, -0.15) is 4.98 Å². The molecular weight excluding hydrogens is 268 g/mol. The van der Waals surface area contributed by atoms with Gasteiger partial charge in [-0.05, 0) is 24.3 Å². The lowest BCUT2D eigenvalue weighted by Crippen LogP contribution is -2.08. The van der Waals surface area contributed by atoms with E-state index in [4.69, 9.17) is 0 Å². The molecule has 2 aromatic rings. The van der Waals surface area contributed by atoms with Crippen molar-refractivity contribution >= 4 is 33.3 Å². The molecule has 2 N–H and O–H groups in total. The first-order valence-electron chi connectivity index (χ1n) is 7.58. The zero-order valence-electron chi connectivity index (χ0n) is 12.4. The van der Waals surface area contributed by atoms with E-state index in [0.717, 1.165) is 41.5 Å². The van der Waals surface area contributed by atoms with Gasteiger partial charge in [0.05, 0.1) is 5.39 Å². The van der Waals surface area contributed by atoms with E-state index < -0.39 is 0 Å². The first-order valence-corrected chi connectivity index (χ1v) is 8.46. The molecule has 0 aliphatic heterocycles. The van der Waals surface area contributed by atoms with Gasteiger partial charge in [-0.15, -0.1) is 11.3 Å². The number of aromatic nitrogens is 2. The van der Waals surface area contributed by atoms with Crippen molar-refractivity contribution in [2.75, 3.05) is 23.7 Å². The molecule has 2 heterocycles. The summed E-state index contributed by atoms with van der Waals surface area (Å²) in [4.78, 5) is 10.2. The fourth-order valence-corrected chi connectivity index (χ4v) is 2.83. The number of unbranched alkanes of at least 4 members (excludes halogenated alkanes) is 3. The maximum atomic E-state index is 4.60. The largest absolute Gasteiger partial charge is 0.369 e. The Morgan fingerprint density at radius 1 is 1.00 bits per heavy atom. The van der Waals surface area contributed by atoms with Crippen LogP contribution in [0.1, 0.15) is 46.0 Å². The summed E-state index contributed by atoms with van der Waals surface area (Å²) < 4.78 is 0. The summed E-state index contributed by atoms with van der Waals surface area (Å²) in [5.74, 6) is 1.70. The van der Waals surface area contributed by atoms with Crippen LogP contribution < -0.4 is 10.6 Å². The maximum absolute atomic E-state index is 4.60. The zero-order valence-corrected chi connectivity index (χ0v) is 13.2. The summed E-state index contributed by atoms with van der Waals surface area (Å²) in [6, 6.07) is 2.10. The molecule has 5 heteroatoms. The Morgan fingerprint density at radius 2 is 1.90 bits per heavy atom. The molecule has 0 aliphatic carbocycles. The van der Waals surface area contributed by atoms with Crippen LogP contribution in [-0.2, 0) is 0 Å². The normalized spacial score (nSPS) is 10.9. The van der Waals surface area contributed by atoms with Crippen LogP contribution in [0.25, 0.3) is 10.2 Å². The first-order chi connectivity index (χ1) is 9.85. The van der Waals surface area contributed by atoms with E-state index in [1.165, 1.54) is 25.7 Å². The molecular formula is C15H24N4S. The zero-order chi connectivity index (χ0) is 14.2. The van der Waals surface area contributed by atoms with E-state index in [1.807, 2.05) is 0 Å². The van der Waals surface area contributed by atoms with E-state index >= 15 is 0 Å². The van der Waals surface area contributed by atoms with Crippen LogP contribution in [0.3, 0.4) is 0 Å². The highest BCUT2D eigenvalue weighted by molar-refractivity contribution is 7.16. The Morgan fingerprint density at radius 3 is 2.70 bits per heavy atom. The molecule has 0 radical (unpaired) electrons. The quantitative estimate of drug-likeness (QED) is 0.668. The molecule has 110 valence electrons. The second-order valence-corrected chi connectivity index (χ2v) is 5.84.